The molecule has 4 atom stereocenters. The van der Waals surface area contributed by atoms with Gasteiger partial charge in [0, 0.05) is 28.0 Å². The molecule has 1 amide bonds. The molecule has 2 saturated carbocycles. The zero-order valence-electron chi connectivity index (χ0n) is 16.0. The molecule has 6 nitrogen and oxygen atoms in total. The van der Waals surface area contributed by atoms with Crippen molar-refractivity contribution in [2.45, 2.75) is 24.5 Å². The molecule has 30 heavy (non-hydrogen) atoms. The number of benzene rings is 2. The maximum atomic E-state index is 12.9. The van der Waals surface area contributed by atoms with E-state index in [0.29, 0.717) is 23.4 Å². The summed E-state index contributed by atoms with van der Waals surface area (Å²) >= 11 is 6.26. The molecule has 0 aliphatic heterocycles. The lowest BCUT2D eigenvalue weighted by atomic mass is 9.86. The molecule has 7 heteroatoms. The van der Waals surface area contributed by atoms with Gasteiger partial charge in [0.1, 0.15) is 0 Å². The normalized spacial score (nSPS) is 27.3. The van der Waals surface area contributed by atoms with Gasteiger partial charge in [-0.15, -0.1) is 0 Å². The Morgan fingerprint density at radius 2 is 1.97 bits per heavy atom. The van der Waals surface area contributed by atoms with Crippen LogP contribution >= 0.6 is 11.6 Å². The van der Waals surface area contributed by atoms with Crippen LogP contribution in [0.4, 0.5) is 0 Å². The lowest BCUT2D eigenvalue weighted by Crippen LogP contribution is -2.33. The molecule has 2 aliphatic carbocycles. The molecule has 2 heterocycles. The molecule has 6 rings (SSSR count). The van der Waals surface area contributed by atoms with E-state index in [-0.39, 0.29) is 23.8 Å². The third kappa shape index (κ3) is 2.64. The van der Waals surface area contributed by atoms with E-state index in [0.717, 1.165) is 27.4 Å². The van der Waals surface area contributed by atoms with E-state index < -0.39 is 5.60 Å². The average Bonchev–Trinajstić information content (AvgIpc) is 3.11. The number of rotatable bonds is 3. The van der Waals surface area contributed by atoms with Crippen molar-refractivity contribution in [1.29, 1.82) is 0 Å². The minimum absolute atomic E-state index is 0.0866. The molecule has 2 aromatic carbocycles. The first-order valence-electron chi connectivity index (χ1n) is 10.0. The average molecular weight is 419 g/mol. The van der Waals surface area contributed by atoms with Crippen LogP contribution < -0.4 is 5.32 Å². The predicted octanol–water partition coefficient (Wildman–Crippen LogP) is 3.79. The molecule has 0 bridgehead atoms. The summed E-state index contributed by atoms with van der Waals surface area (Å²) in [6, 6.07) is 13.1. The van der Waals surface area contributed by atoms with E-state index in [9.17, 15) is 9.90 Å². The van der Waals surface area contributed by atoms with Gasteiger partial charge in [-0.3, -0.25) is 14.9 Å². The number of hydrogen-bond donors (Lipinski definition) is 3. The van der Waals surface area contributed by atoms with Gasteiger partial charge < -0.3 is 10.4 Å². The molecule has 0 unspecified atom stereocenters. The molecular formula is C23H19ClN4O2. The third-order valence-electron chi connectivity index (χ3n) is 6.69. The Kier molecular flexibility index (Phi) is 3.73. The maximum absolute atomic E-state index is 12.9. The highest BCUT2D eigenvalue weighted by Crippen LogP contribution is 2.60. The van der Waals surface area contributed by atoms with Crippen molar-refractivity contribution < 1.29 is 9.90 Å². The van der Waals surface area contributed by atoms with Crippen LogP contribution in [0.15, 0.2) is 54.9 Å². The van der Waals surface area contributed by atoms with Gasteiger partial charge in [-0.25, -0.2) is 0 Å². The van der Waals surface area contributed by atoms with Crippen molar-refractivity contribution in [3.8, 4) is 0 Å². The van der Waals surface area contributed by atoms with E-state index in [1.54, 1.807) is 18.5 Å². The zero-order chi connectivity index (χ0) is 20.5. The van der Waals surface area contributed by atoms with Crippen molar-refractivity contribution in [3.63, 3.8) is 0 Å². The van der Waals surface area contributed by atoms with Crippen LogP contribution in [0.2, 0.25) is 5.02 Å². The summed E-state index contributed by atoms with van der Waals surface area (Å²) in [7, 11) is 0. The van der Waals surface area contributed by atoms with E-state index >= 15 is 0 Å². The summed E-state index contributed by atoms with van der Waals surface area (Å²) in [5, 5.41) is 23.9. The smallest absolute Gasteiger partial charge is 0.252 e. The van der Waals surface area contributed by atoms with Gasteiger partial charge in [-0.05, 0) is 54.5 Å². The number of aliphatic hydroxyl groups is 1. The number of fused-ring (bicyclic) bond motifs is 3. The fourth-order valence-electron chi connectivity index (χ4n) is 5.22. The number of amides is 1. The van der Waals surface area contributed by atoms with Gasteiger partial charge in [-0.1, -0.05) is 29.8 Å². The van der Waals surface area contributed by atoms with E-state index in [1.807, 2.05) is 36.4 Å². The summed E-state index contributed by atoms with van der Waals surface area (Å²) in [6.07, 6.45) is 4.59. The van der Waals surface area contributed by atoms with Crippen molar-refractivity contribution in [3.05, 3.63) is 71.0 Å². The number of carbonyl (C=O) groups excluding carboxylic acids is 1. The summed E-state index contributed by atoms with van der Waals surface area (Å²) in [5.41, 5.74) is 2.13. The van der Waals surface area contributed by atoms with Crippen LogP contribution in [-0.4, -0.2) is 32.2 Å². The molecule has 150 valence electrons. The number of carbonyl (C=O) groups is 1. The summed E-state index contributed by atoms with van der Waals surface area (Å²) in [4.78, 5) is 17.2. The van der Waals surface area contributed by atoms with Gasteiger partial charge in [0.05, 0.1) is 28.4 Å². The fraction of sp³-hybridized carbons (Fsp3) is 0.261. The summed E-state index contributed by atoms with van der Waals surface area (Å²) < 4.78 is 0. The Hall–Kier alpha value is -2.96. The number of aromatic amines is 1. The largest absolute Gasteiger partial charge is 0.385 e. The van der Waals surface area contributed by atoms with E-state index in [1.165, 1.54) is 0 Å². The quantitative estimate of drug-likeness (QED) is 0.472. The highest BCUT2D eigenvalue weighted by molar-refractivity contribution is 6.31. The molecule has 4 aromatic rings. The second-order valence-electron chi connectivity index (χ2n) is 8.43. The number of para-hydroxylation sites is 1. The van der Waals surface area contributed by atoms with Gasteiger partial charge in [0.15, 0.2) is 0 Å². The third-order valence-corrected chi connectivity index (χ3v) is 6.91. The van der Waals surface area contributed by atoms with Crippen molar-refractivity contribution in [1.82, 2.24) is 20.5 Å². The lowest BCUT2D eigenvalue weighted by Gasteiger charge is -2.27. The fourth-order valence-corrected chi connectivity index (χ4v) is 5.44. The number of nitrogens with zero attached hydrogens (tertiary/aromatic N) is 2. The maximum Gasteiger partial charge on any atom is 0.252 e. The Balaban J connectivity index is 1.22. The van der Waals surface area contributed by atoms with Crippen molar-refractivity contribution in [2.24, 2.45) is 11.8 Å². The Labute approximate surface area is 177 Å². The Morgan fingerprint density at radius 3 is 2.80 bits per heavy atom. The molecule has 0 radical (unpaired) electrons. The summed E-state index contributed by atoms with van der Waals surface area (Å²) in [6.45, 7) is 0. The Bertz CT molecular complexity index is 1300. The number of aromatic nitrogens is 3. The van der Waals surface area contributed by atoms with E-state index in [4.69, 9.17) is 11.6 Å². The van der Waals surface area contributed by atoms with Crippen LogP contribution in [0.5, 0.6) is 0 Å². The number of nitrogens with one attached hydrogen (secondary N) is 2. The molecule has 3 N–H and O–H groups in total. The van der Waals surface area contributed by atoms with Crippen molar-refractivity contribution >= 4 is 39.3 Å². The van der Waals surface area contributed by atoms with Crippen LogP contribution in [0.1, 0.15) is 28.8 Å². The molecule has 2 aromatic heterocycles. The van der Waals surface area contributed by atoms with Crippen LogP contribution in [0.3, 0.4) is 0 Å². The standard InChI is InChI=1S/C23H19ClN4O2/c24-12-7-18(17-11-26-28-20(17)8-12)23(30)9-15-16(10-23)21(15)27-22(29)14-5-6-25-19-4-2-1-3-13(14)19/h1-8,11,15-16,21,30H,9-10H2,(H,26,28)(H,27,29)/t15-,16+,21-,23+. The van der Waals surface area contributed by atoms with Crippen LogP contribution in [0.25, 0.3) is 21.8 Å². The molecule has 0 spiro atoms. The van der Waals surface area contributed by atoms with Gasteiger partial charge in [0.2, 0.25) is 0 Å². The van der Waals surface area contributed by atoms with Crippen molar-refractivity contribution in [2.75, 3.05) is 0 Å². The van der Waals surface area contributed by atoms with Gasteiger partial charge in [-0.2, -0.15) is 5.10 Å². The molecule has 0 saturated heterocycles. The second-order valence-corrected chi connectivity index (χ2v) is 8.86. The minimum atomic E-state index is -0.951. The zero-order valence-corrected chi connectivity index (χ0v) is 16.7. The van der Waals surface area contributed by atoms with Gasteiger partial charge >= 0.3 is 0 Å². The topological polar surface area (TPSA) is 90.9 Å². The molecule has 2 fully saturated rings. The van der Waals surface area contributed by atoms with Gasteiger partial charge in [0.25, 0.3) is 5.91 Å². The van der Waals surface area contributed by atoms with E-state index in [2.05, 4.69) is 20.5 Å². The Morgan fingerprint density at radius 1 is 1.17 bits per heavy atom. The second kappa shape index (κ2) is 6.27. The van der Waals surface area contributed by atoms with Crippen LogP contribution in [-0.2, 0) is 5.60 Å². The summed E-state index contributed by atoms with van der Waals surface area (Å²) in [5.74, 6) is 0.428. The number of hydrogen-bond acceptors (Lipinski definition) is 4. The lowest BCUT2D eigenvalue weighted by molar-refractivity contribution is 0.0293. The number of pyridine rings is 1. The molecule has 2 aliphatic rings. The highest BCUT2D eigenvalue weighted by Gasteiger charge is 2.62. The first-order valence-corrected chi connectivity index (χ1v) is 10.4. The molecular weight excluding hydrogens is 400 g/mol. The monoisotopic (exact) mass is 418 g/mol. The SMILES string of the molecule is O=C(N[C@@H]1[C@@H]2C[C@@](O)(c3cc(Cl)cc4[nH]ncc34)C[C@@H]21)c1ccnc2ccccc12. The number of H-pyrrole nitrogens is 1. The predicted molar refractivity (Wildman–Crippen MR) is 114 cm³/mol. The highest BCUT2D eigenvalue weighted by atomic mass is 35.5. The van der Waals surface area contributed by atoms with Crippen LogP contribution in [0, 0.1) is 11.8 Å². The first kappa shape index (κ1) is 17.9. The number of halogens is 1. The minimum Gasteiger partial charge on any atom is -0.385 e. The first-order chi connectivity index (χ1) is 14.5.